The van der Waals surface area contributed by atoms with Gasteiger partial charge in [0.25, 0.3) is 5.91 Å². The molecular weight excluding hydrogens is 526 g/mol. The van der Waals surface area contributed by atoms with E-state index in [9.17, 15) is 14.7 Å². The first kappa shape index (κ1) is 26.8. The lowest BCUT2D eigenvalue weighted by molar-refractivity contribution is -0.117. The highest BCUT2D eigenvalue weighted by Gasteiger charge is 2.45. The number of benzene rings is 3. The summed E-state index contributed by atoms with van der Waals surface area (Å²) >= 11 is 1.20. The summed E-state index contributed by atoms with van der Waals surface area (Å²) in [5, 5.41) is 20.1. The molecule has 2 heterocycles. The van der Waals surface area contributed by atoms with Gasteiger partial charge in [-0.1, -0.05) is 84.1 Å². The zero-order valence-electron chi connectivity index (χ0n) is 22.0. The second-order valence-electron chi connectivity index (χ2n) is 8.97. The van der Waals surface area contributed by atoms with Crippen molar-refractivity contribution in [3.05, 3.63) is 118 Å². The molecule has 0 bridgehead atoms. The van der Waals surface area contributed by atoms with Crippen LogP contribution in [0.5, 0.6) is 11.5 Å². The molecule has 4 aromatic rings. The van der Waals surface area contributed by atoms with Gasteiger partial charge in [0.05, 0.1) is 18.2 Å². The van der Waals surface area contributed by atoms with Gasteiger partial charge in [0.1, 0.15) is 11.6 Å². The van der Waals surface area contributed by atoms with Gasteiger partial charge < -0.3 is 14.6 Å². The van der Waals surface area contributed by atoms with E-state index in [1.165, 1.54) is 22.3 Å². The molecule has 9 heteroatoms. The van der Waals surface area contributed by atoms with Crippen LogP contribution in [0.1, 0.15) is 34.7 Å². The van der Waals surface area contributed by atoms with E-state index in [1.54, 1.807) is 31.2 Å². The van der Waals surface area contributed by atoms with Crippen LogP contribution < -0.4 is 14.4 Å². The predicted octanol–water partition coefficient (Wildman–Crippen LogP) is 6.01. The van der Waals surface area contributed by atoms with E-state index < -0.39 is 23.5 Å². The minimum absolute atomic E-state index is 0.0505. The summed E-state index contributed by atoms with van der Waals surface area (Å²) in [5.74, 6) is -0.870. The number of hydrogen-bond acceptors (Lipinski definition) is 8. The number of nitrogens with zero attached hydrogens (tertiary/aromatic N) is 3. The third kappa shape index (κ3) is 5.64. The van der Waals surface area contributed by atoms with E-state index in [2.05, 4.69) is 10.2 Å². The molecule has 1 atom stereocenters. The molecule has 0 saturated heterocycles. The SMILES string of the molecule is CCOc1cc(C2C(C(=O)/C=C/c3ccccc3)=C(O)C(=O)N2c2nnc(C)s2)ccc1OCc1ccccc1. The monoisotopic (exact) mass is 553 g/mol. The van der Waals surface area contributed by atoms with Crippen LogP contribution in [0.15, 0.2) is 96.3 Å². The Hall–Kier alpha value is -4.76. The fourth-order valence-corrected chi connectivity index (χ4v) is 5.11. The maximum Gasteiger partial charge on any atom is 0.296 e. The van der Waals surface area contributed by atoms with Crippen LogP contribution in [0.4, 0.5) is 5.13 Å². The van der Waals surface area contributed by atoms with Gasteiger partial charge in [0.2, 0.25) is 5.13 Å². The minimum atomic E-state index is -0.949. The first-order valence-electron chi connectivity index (χ1n) is 12.7. The average Bonchev–Trinajstić information content (AvgIpc) is 3.52. The molecule has 1 unspecified atom stereocenters. The minimum Gasteiger partial charge on any atom is -0.503 e. The molecule has 40 heavy (non-hydrogen) atoms. The first-order valence-corrected chi connectivity index (χ1v) is 13.6. The third-order valence-electron chi connectivity index (χ3n) is 6.24. The standard InChI is InChI=1S/C31H27N3O5S/c1-3-38-26-18-23(15-17-25(26)39-19-22-12-8-5-9-13-22)28-27(24(35)16-14-21-10-6-4-7-11-21)29(36)30(37)34(28)31-33-32-20(2)40-31/h4-18,28,36H,3,19H2,1-2H3/b16-14+. The summed E-state index contributed by atoms with van der Waals surface area (Å²) in [7, 11) is 0. The van der Waals surface area contributed by atoms with Gasteiger partial charge >= 0.3 is 0 Å². The summed E-state index contributed by atoms with van der Waals surface area (Å²) in [5.41, 5.74) is 2.31. The Morgan fingerprint density at radius 2 is 1.73 bits per heavy atom. The Morgan fingerprint density at radius 1 is 1.00 bits per heavy atom. The smallest absolute Gasteiger partial charge is 0.296 e. The molecule has 1 aliphatic heterocycles. The molecule has 3 aromatic carbocycles. The van der Waals surface area contributed by atoms with Crippen molar-refractivity contribution in [3.8, 4) is 11.5 Å². The van der Waals surface area contributed by atoms with Gasteiger partial charge in [-0.05, 0) is 48.7 Å². The number of ketones is 1. The van der Waals surface area contributed by atoms with Crippen LogP contribution in [-0.2, 0) is 16.2 Å². The van der Waals surface area contributed by atoms with E-state index >= 15 is 0 Å². The third-order valence-corrected chi connectivity index (χ3v) is 7.08. The highest BCUT2D eigenvalue weighted by molar-refractivity contribution is 7.15. The van der Waals surface area contributed by atoms with Gasteiger partial charge in [-0.3, -0.25) is 14.5 Å². The average molecular weight is 554 g/mol. The molecule has 0 fully saturated rings. The normalized spacial score (nSPS) is 15.2. The van der Waals surface area contributed by atoms with Crippen molar-refractivity contribution in [1.82, 2.24) is 10.2 Å². The van der Waals surface area contributed by atoms with E-state index in [0.29, 0.717) is 35.3 Å². The number of ether oxygens (including phenoxy) is 2. The summed E-state index contributed by atoms with van der Waals surface area (Å²) in [6.07, 6.45) is 3.00. The maximum absolute atomic E-state index is 13.5. The Labute approximate surface area is 235 Å². The molecule has 0 radical (unpaired) electrons. The van der Waals surface area contributed by atoms with E-state index in [0.717, 1.165) is 11.1 Å². The van der Waals surface area contributed by atoms with Gasteiger partial charge in [-0.2, -0.15) is 0 Å². The number of amides is 1. The van der Waals surface area contributed by atoms with Gasteiger partial charge in [0, 0.05) is 0 Å². The van der Waals surface area contributed by atoms with Crippen LogP contribution in [0.2, 0.25) is 0 Å². The number of aryl methyl sites for hydroxylation is 1. The number of aromatic nitrogens is 2. The molecule has 0 saturated carbocycles. The summed E-state index contributed by atoms with van der Waals surface area (Å²) < 4.78 is 11.9. The van der Waals surface area contributed by atoms with Crippen LogP contribution in [0, 0.1) is 6.92 Å². The van der Waals surface area contributed by atoms with Gasteiger partial charge in [-0.15, -0.1) is 10.2 Å². The second-order valence-corrected chi connectivity index (χ2v) is 10.1. The topological polar surface area (TPSA) is 102 Å². The zero-order chi connectivity index (χ0) is 28.1. The molecule has 0 aliphatic carbocycles. The maximum atomic E-state index is 13.5. The molecule has 1 aromatic heterocycles. The number of rotatable bonds is 10. The summed E-state index contributed by atoms with van der Waals surface area (Å²) in [4.78, 5) is 28.2. The molecule has 8 nitrogen and oxygen atoms in total. The van der Waals surface area contributed by atoms with Crippen molar-refractivity contribution in [2.24, 2.45) is 0 Å². The van der Waals surface area contributed by atoms with Crippen LogP contribution in [-0.4, -0.2) is 33.6 Å². The molecule has 1 aliphatic rings. The number of allylic oxidation sites excluding steroid dienone is 1. The van der Waals surface area contributed by atoms with Gasteiger partial charge in [-0.25, -0.2) is 0 Å². The van der Waals surface area contributed by atoms with Crippen LogP contribution in [0.3, 0.4) is 0 Å². The lowest BCUT2D eigenvalue weighted by Crippen LogP contribution is -2.31. The van der Waals surface area contributed by atoms with E-state index in [4.69, 9.17) is 9.47 Å². The molecule has 1 N–H and O–H groups in total. The Morgan fingerprint density at radius 3 is 2.40 bits per heavy atom. The van der Waals surface area contributed by atoms with Gasteiger partial charge in [0.15, 0.2) is 23.0 Å². The number of carbonyl (C=O) groups excluding carboxylic acids is 2. The number of anilines is 1. The highest BCUT2D eigenvalue weighted by Crippen LogP contribution is 2.44. The quantitative estimate of drug-likeness (QED) is 0.240. The summed E-state index contributed by atoms with van der Waals surface area (Å²) in [6.45, 7) is 4.34. The molecular formula is C31H27N3O5S. The van der Waals surface area contributed by atoms with Crippen LogP contribution >= 0.6 is 11.3 Å². The zero-order valence-corrected chi connectivity index (χ0v) is 22.8. The second kappa shape index (κ2) is 12.0. The molecule has 1 amide bonds. The molecule has 0 spiro atoms. The lowest BCUT2D eigenvalue weighted by Gasteiger charge is -2.24. The predicted molar refractivity (Wildman–Crippen MR) is 153 cm³/mol. The molecule has 202 valence electrons. The van der Waals surface area contributed by atoms with Crippen molar-refractivity contribution < 1.29 is 24.2 Å². The number of carbonyl (C=O) groups is 2. The Balaban J connectivity index is 1.54. The number of aliphatic hydroxyl groups is 1. The lowest BCUT2D eigenvalue weighted by atomic mass is 9.95. The van der Waals surface area contributed by atoms with Crippen molar-refractivity contribution in [2.45, 2.75) is 26.5 Å². The fourth-order valence-electron chi connectivity index (χ4n) is 4.40. The van der Waals surface area contributed by atoms with Crippen molar-refractivity contribution in [3.63, 3.8) is 0 Å². The largest absolute Gasteiger partial charge is 0.503 e. The van der Waals surface area contributed by atoms with E-state index in [-0.39, 0.29) is 10.7 Å². The number of aliphatic hydroxyl groups excluding tert-OH is 1. The Kier molecular flexibility index (Phi) is 8.02. The summed E-state index contributed by atoms with van der Waals surface area (Å²) in [6, 6.07) is 23.4. The fraction of sp³-hybridized carbons (Fsp3) is 0.161. The highest BCUT2D eigenvalue weighted by atomic mass is 32.1. The number of hydrogen-bond donors (Lipinski definition) is 1. The van der Waals surface area contributed by atoms with E-state index in [1.807, 2.05) is 67.6 Å². The first-order chi connectivity index (χ1) is 19.5. The van der Waals surface area contributed by atoms with Crippen molar-refractivity contribution in [2.75, 3.05) is 11.5 Å². The Bertz CT molecular complexity index is 1580. The van der Waals surface area contributed by atoms with Crippen molar-refractivity contribution >= 4 is 34.2 Å². The van der Waals surface area contributed by atoms with Crippen LogP contribution in [0.25, 0.3) is 6.08 Å². The molecule has 5 rings (SSSR count). The van der Waals surface area contributed by atoms with Crippen molar-refractivity contribution in [1.29, 1.82) is 0 Å².